The Morgan fingerprint density at radius 2 is 1.95 bits per heavy atom. The summed E-state index contributed by atoms with van der Waals surface area (Å²) in [4.78, 5) is 22.8. The zero-order chi connectivity index (χ0) is 30.6. The summed E-state index contributed by atoms with van der Waals surface area (Å²) in [6.07, 6.45) is 4.20. The van der Waals surface area contributed by atoms with Crippen LogP contribution < -0.4 is 9.47 Å². The molecule has 2 fully saturated rings. The number of hydrogen-bond donors (Lipinski definition) is 1. The maximum atomic E-state index is 14.8. The first-order valence-electron chi connectivity index (χ1n) is 14.7. The maximum absolute atomic E-state index is 14.8. The van der Waals surface area contributed by atoms with E-state index in [1.807, 2.05) is 19.1 Å². The first kappa shape index (κ1) is 28.8. The van der Waals surface area contributed by atoms with Crippen molar-refractivity contribution in [3.63, 3.8) is 0 Å². The lowest BCUT2D eigenvalue weighted by atomic mass is 9.88. The number of nitrogens with zero attached hydrogens (tertiary/aromatic N) is 4. The van der Waals surface area contributed by atoms with E-state index < -0.39 is 17.6 Å². The molecule has 3 aliphatic heterocycles. The topological polar surface area (TPSA) is 112 Å². The van der Waals surface area contributed by atoms with Crippen molar-refractivity contribution in [2.45, 2.75) is 64.0 Å². The van der Waals surface area contributed by atoms with Crippen molar-refractivity contribution in [2.24, 2.45) is 0 Å². The summed E-state index contributed by atoms with van der Waals surface area (Å²) in [6.45, 7) is 7.27. The van der Waals surface area contributed by atoms with Crippen LogP contribution in [0.2, 0.25) is 5.02 Å². The third kappa shape index (κ3) is 5.22. The molecule has 44 heavy (non-hydrogen) atoms. The first-order valence-corrected chi connectivity index (χ1v) is 15.1. The van der Waals surface area contributed by atoms with E-state index in [9.17, 15) is 14.3 Å². The van der Waals surface area contributed by atoms with Gasteiger partial charge in [-0.25, -0.2) is 19.2 Å². The maximum Gasteiger partial charge on any atom is 0.392 e. The van der Waals surface area contributed by atoms with Gasteiger partial charge in [0.2, 0.25) is 0 Å². The Balaban J connectivity index is 1.08. The lowest BCUT2D eigenvalue weighted by Crippen LogP contribution is -2.35. The Hall–Kier alpha value is -3.93. The largest absolute Gasteiger partial charge is 0.474 e. The van der Waals surface area contributed by atoms with Gasteiger partial charge in [0, 0.05) is 24.1 Å². The quantitative estimate of drug-likeness (QED) is 0.247. The average molecular weight is 623 g/mol. The predicted molar refractivity (Wildman–Crippen MR) is 157 cm³/mol. The number of ether oxygens (including phenoxy) is 3. The van der Waals surface area contributed by atoms with E-state index in [2.05, 4.69) is 20.5 Å². The second-order valence-corrected chi connectivity index (χ2v) is 12.1. The second-order valence-electron chi connectivity index (χ2n) is 11.7. The summed E-state index contributed by atoms with van der Waals surface area (Å²) < 4.78 is 40.4. The smallest absolute Gasteiger partial charge is 0.392 e. The molecule has 2 atom stereocenters. The summed E-state index contributed by atoms with van der Waals surface area (Å²) in [6, 6.07) is 10.4. The Morgan fingerprint density at radius 3 is 2.64 bits per heavy atom. The Morgan fingerprint density at radius 1 is 1.16 bits per heavy atom. The number of aromatic nitrogens is 3. The molecule has 7 rings (SSSR count). The number of piperidine rings is 1. The molecular weight excluding hydrogens is 591 g/mol. The van der Waals surface area contributed by atoms with Crippen LogP contribution in [-0.2, 0) is 23.6 Å². The number of fused-ring (bicyclic) bond motifs is 1. The minimum atomic E-state index is -1.29. The van der Waals surface area contributed by atoms with E-state index in [1.54, 1.807) is 19.1 Å². The van der Waals surface area contributed by atoms with Gasteiger partial charge in [-0.2, -0.15) is 0 Å². The monoisotopic (exact) mass is 622 g/mol. The molecule has 0 aliphatic carbocycles. The van der Waals surface area contributed by atoms with Gasteiger partial charge in [-0.3, -0.25) is 4.90 Å². The SMILES string of the molecule is Cc1nc(CN2CCC(c3cccc4c3O[C@@](C)(c3ccc(Cl)cc3F)O4)CC2)n(C[C@@H]2CCO2)c1-c1coc(C(=O)O)n1. The van der Waals surface area contributed by atoms with Crippen LogP contribution in [0.15, 0.2) is 47.1 Å². The number of aromatic carboxylic acids is 1. The highest BCUT2D eigenvalue weighted by Crippen LogP contribution is 2.50. The van der Waals surface area contributed by atoms with Gasteiger partial charge in [0.1, 0.15) is 23.6 Å². The van der Waals surface area contributed by atoms with Gasteiger partial charge >= 0.3 is 11.9 Å². The number of benzene rings is 2. The second kappa shape index (κ2) is 11.2. The number of carboxylic acid groups (broad SMARTS) is 1. The molecule has 10 nitrogen and oxygen atoms in total. The highest BCUT2D eigenvalue weighted by atomic mass is 35.5. The first-order chi connectivity index (χ1) is 21.2. The third-order valence-corrected chi connectivity index (χ3v) is 8.99. The lowest BCUT2D eigenvalue weighted by Gasteiger charge is -2.33. The number of aryl methyl sites for hydroxylation is 1. The molecule has 0 unspecified atom stereocenters. The van der Waals surface area contributed by atoms with Crippen LogP contribution in [0.1, 0.15) is 65.4 Å². The highest BCUT2D eigenvalue weighted by Gasteiger charge is 2.43. The summed E-state index contributed by atoms with van der Waals surface area (Å²) in [5, 5.41) is 9.62. The molecule has 2 saturated heterocycles. The number of hydrogen-bond acceptors (Lipinski definition) is 8. The number of imidazole rings is 1. The normalized spacial score (nSPS) is 21.9. The molecule has 0 bridgehead atoms. The van der Waals surface area contributed by atoms with Crippen LogP contribution >= 0.6 is 11.6 Å². The van der Waals surface area contributed by atoms with E-state index in [0.29, 0.717) is 40.9 Å². The van der Waals surface area contributed by atoms with Gasteiger partial charge < -0.3 is 28.3 Å². The number of halogens is 2. The summed E-state index contributed by atoms with van der Waals surface area (Å²) in [7, 11) is 0. The minimum absolute atomic E-state index is 0.0760. The van der Waals surface area contributed by atoms with Gasteiger partial charge in [-0.05, 0) is 69.5 Å². The van der Waals surface area contributed by atoms with Crippen molar-refractivity contribution < 1.29 is 32.9 Å². The minimum Gasteiger partial charge on any atom is -0.474 e. The number of carbonyl (C=O) groups is 1. The molecule has 3 aliphatic rings. The molecular formula is C32H32ClFN4O6. The van der Waals surface area contributed by atoms with Crippen molar-refractivity contribution in [2.75, 3.05) is 19.7 Å². The molecule has 2 aromatic carbocycles. The molecule has 1 N–H and O–H groups in total. The molecule has 230 valence electrons. The van der Waals surface area contributed by atoms with E-state index in [-0.39, 0.29) is 17.9 Å². The fraction of sp³-hybridized carbons (Fsp3) is 0.406. The van der Waals surface area contributed by atoms with Crippen LogP contribution in [0.4, 0.5) is 4.39 Å². The van der Waals surface area contributed by atoms with Crippen LogP contribution in [0, 0.1) is 12.7 Å². The van der Waals surface area contributed by atoms with Crippen molar-refractivity contribution in [3.8, 4) is 22.9 Å². The fourth-order valence-electron chi connectivity index (χ4n) is 6.42. The summed E-state index contributed by atoms with van der Waals surface area (Å²) in [5.41, 5.74) is 3.31. The van der Waals surface area contributed by atoms with E-state index in [4.69, 9.17) is 35.2 Å². The number of oxazole rings is 1. The Bertz CT molecular complexity index is 1730. The van der Waals surface area contributed by atoms with E-state index in [1.165, 1.54) is 12.3 Å². The van der Waals surface area contributed by atoms with Gasteiger partial charge in [0.05, 0.1) is 36.1 Å². The molecule has 5 heterocycles. The summed E-state index contributed by atoms with van der Waals surface area (Å²) >= 11 is 5.97. The van der Waals surface area contributed by atoms with Crippen LogP contribution in [-0.4, -0.2) is 56.3 Å². The van der Waals surface area contributed by atoms with Crippen LogP contribution in [0.5, 0.6) is 11.5 Å². The van der Waals surface area contributed by atoms with Crippen molar-refractivity contribution >= 4 is 17.6 Å². The molecule has 12 heteroatoms. The van der Waals surface area contributed by atoms with E-state index in [0.717, 1.165) is 61.7 Å². The molecule has 2 aromatic heterocycles. The van der Waals surface area contributed by atoms with Crippen LogP contribution in [0.25, 0.3) is 11.4 Å². The third-order valence-electron chi connectivity index (χ3n) is 8.75. The van der Waals surface area contributed by atoms with Crippen molar-refractivity contribution in [3.05, 3.63) is 82.0 Å². The molecule has 0 amide bonds. The zero-order valence-electron chi connectivity index (χ0n) is 24.4. The number of para-hydroxylation sites is 1. The number of rotatable bonds is 8. The van der Waals surface area contributed by atoms with Gasteiger partial charge in [0.25, 0.3) is 5.79 Å². The fourth-order valence-corrected chi connectivity index (χ4v) is 6.58. The lowest BCUT2D eigenvalue weighted by molar-refractivity contribution is -0.0712. The molecule has 0 saturated carbocycles. The van der Waals surface area contributed by atoms with Crippen molar-refractivity contribution in [1.82, 2.24) is 19.4 Å². The van der Waals surface area contributed by atoms with E-state index >= 15 is 0 Å². The molecule has 4 aromatic rings. The van der Waals surface area contributed by atoms with Crippen LogP contribution in [0.3, 0.4) is 0 Å². The summed E-state index contributed by atoms with van der Waals surface area (Å²) in [5.74, 6) is -0.953. The molecule has 0 spiro atoms. The van der Waals surface area contributed by atoms with Gasteiger partial charge in [0.15, 0.2) is 11.5 Å². The Labute approximate surface area is 258 Å². The highest BCUT2D eigenvalue weighted by molar-refractivity contribution is 6.30. The average Bonchev–Trinajstić information content (AvgIpc) is 3.66. The van der Waals surface area contributed by atoms with Gasteiger partial charge in [-0.15, -0.1) is 0 Å². The number of likely N-dealkylation sites (tertiary alicyclic amines) is 1. The molecule has 0 radical (unpaired) electrons. The van der Waals surface area contributed by atoms with Crippen molar-refractivity contribution in [1.29, 1.82) is 0 Å². The van der Waals surface area contributed by atoms with Gasteiger partial charge in [-0.1, -0.05) is 23.7 Å². The standard InChI is InChI=1S/C32H32ClFN4O6/c1-18-28(25-17-42-30(36-25)31(39)40)38(15-21-10-13-41-21)27(35-18)16-37-11-8-19(9-12-37)22-4-3-5-26-29(22)44-32(2,43-26)23-7-6-20(33)14-24(23)34/h3-7,14,17,19,21H,8-13,15-16H2,1-2H3,(H,39,40)/t21-,32-/m0/s1. The predicted octanol–water partition coefficient (Wildman–Crippen LogP) is 6.15. The Kier molecular flexibility index (Phi) is 7.34. The zero-order valence-corrected chi connectivity index (χ0v) is 25.1. The number of carboxylic acids is 1.